The molecule has 3 unspecified atom stereocenters. The van der Waals surface area contributed by atoms with Crippen LogP contribution in [0.2, 0.25) is 0 Å². The highest BCUT2D eigenvalue weighted by Gasteiger charge is 2.33. The lowest BCUT2D eigenvalue weighted by Crippen LogP contribution is -2.35. The lowest BCUT2D eigenvalue weighted by molar-refractivity contribution is 0.330. The summed E-state index contributed by atoms with van der Waals surface area (Å²) < 4.78 is 0. The van der Waals surface area contributed by atoms with Crippen molar-refractivity contribution in [2.45, 2.75) is 51.6 Å². The molecule has 0 aromatic heterocycles. The third-order valence-electron chi connectivity index (χ3n) is 3.72. The van der Waals surface area contributed by atoms with Crippen molar-refractivity contribution in [1.82, 2.24) is 4.90 Å². The molecule has 0 saturated heterocycles. The average molecular weight is 180 g/mol. The molecule has 2 rings (SSSR count). The molecule has 2 heteroatoms. The third-order valence-corrected chi connectivity index (χ3v) is 3.72. The Morgan fingerprint density at radius 1 is 1.23 bits per heavy atom. The summed E-state index contributed by atoms with van der Waals surface area (Å²) in [5.74, 6) is 2.15. The molecule has 1 aliphatic heterocycles. The second-order valence-corrected chi connectivity index (χ2v) is 4.68. The van der Waals surface area contributed by atoms with Crippen LogP contribution in [-0.4, -0.2) is 29.9 Å². The van der Waals surface area contributed by atoms with Crippen molar-refractivity contribution < 1.29 is 0 Å². The number of hydrogen-bond acceptors (Lipinski definition) is 2. The van der Waals surface area contributed by atoms with Gasteiger partial charge >= 0.3 is 0 Å². The van der Waals surface area contributed by atoms with E-state index in [1.807, 2.05) is 0 Å². The number of fused-ring (bicyclic) bond motifs is 1. The minimum Gasteiger partial charge on any atom is -0.359 e. The maximum absolute atomic E-state index is 4.73. The second kappa shape index (κ2) is 3.32. The molecule has 0 bridgehead atoms. The summed E-state index contributed by atoms with van der Waals surface area (Å²) in [6.45, 7) is 4.51. The first kappa shape index (κ1) is 9.04. The van der Waals surface area contributed by atoms with Gasteiger partial charge in [0.25, 0.3) is 0 Å². The molecule has 0 aromatic rings. The van der Waals surface area contributed by atoms with E-state index >= 15 is 0 Å². The number of hydrogen-bond donors (Lipinski definition) is 0. The van der Waals surface area contributed by atoms with Gasteiger partial charge in [-0.25, -0.2) is 0 Å². The van der Waals surface area contributed by atoms with Crippen LogP contribution in [0, 0.1) is 5.92 Å². The Balaban J connectivity index is 2.09. The van der Waals surface area contributed by atoms with Gasteiger partial charge in [-0.2, -0.15) is 0 Å². The van der Waals surface area contributed by atoms with Gasteiger partial charge in [-0.1, -0.05) is 6.92 Å². The number of likely N-dealkylation sites (N-methyl/N-ethyl adjacent to an activating group) is 1. The minimum atomic E-state index is 0.606. The van der Waals surface area contributed by atoms with Crippen molar-refractivity contribution in [3.63, 3.8) is 0 Å². The summed E-state index contributed by atoms with van der Waals surface area (Å²) in [6, 6.07) is 1.32. The lowest BCUT2D eigenvalue weighted by atomic mass is 10.0. The van der Waals surface area contributed by atoms with Crippen LogP contribution < -0.4 is 0 Å². The van der Waals surface area contributed by atoms with Crippen molar-refractivity contribution in [3.8, 4) is 0 Å². The lowest BCUT2D eigenvalue weighted by Gasteiger charge is -2.24. The van der Waals surface area contributed by atoms with Crippen LogP contribution in [0.4, 0.5) is 0 Å². The normalized spacial score (nSPS) is 39.8. The van der Waals surface area contributed by atoms with E-state index in [0.717, 1.165) is 5.92 Å². The zero-order chi connectivity index (χ0) is 9.42. The molecule has 1 heterocycles. The van der Waals surface area contributed by atoms with Gasteiger partial charge in [0.1, 0.15) is 0 Å². The monoisotopic (exact) mass is 180 g/mol. The zero-order valence-corrected chi connectivity index (χ0v) is 8.95. The highest BCUT2D eigenvalue weighted by Crippen LogP contribution is 2.31. The van der Waals surface area contributed by atoms with Crippen LogP contribution in [-0.2, 0) is 0 Å². The van der Waals surface area contributed by atoms with Crippen LogP contribution in [0.1, 0.15) is 39.5 Å². The Morgan fingerprint density at radius 2 is 1.92 bits per heavy atom. The molecule has 1 saturated carbocycles. The molecule has 0 amide bonds. The summed E-state index contributed by atoms with van der Waals surface area (Å²) in [6.07, 6.45) is 5.39. The van der Waals surface area contributed by atoms with E-state index in [9.17, 15) is 0 Å². The highest BCUT2D eigenvalue weighted by atomic mass is 15.3. The van der Waals surface area contributed by atoms with Gasteiger partial charge in [0.15, 0.2) is 0 Å². The maximum Gasteiger partial charge on any atom is 0.0962 e. The molecule has 0 spiro atoms. The molecule has 2 nitrogen and oxygen atoms in total. The third kappa shape index (κ3) is 1.59. The fraction of sp³-hybridized carbons (Fsp3) is 0.909. The van der Waals surface area contributed by atoms with Crippen LogP contribution >= 0.6 is 0 Å². The average Bonchev–Trinajstić information content (AvgIpc) is 2.28. The Morgan fingerprint density at radius 3 is 2.69 bits per heavy atom. The molecule has 2 aliphatic rings. The minimum absolute atomic E-state index is 0.606. The Hall–Kier alpha value is -0.530. The molecular formula is C11H20N2. The van der Waals surface area contributed by atoms with Gasteiger partial charge in [0, 0.05) is 7.05 Å². The molecule has 3 atom stereocenters. The van der Waals surface area contributed by atoms with Gasteiger partial charge < -0.3 is 4.90 Å². The molecule has 0 radical (unpaired) electrons. The quantitative estimate of drug-likeness (QED) is 0.558. The standard InChI is InChI=1S/C11H20N2/c1-8-4-6-10-11(7-5-8)13(3)9(2)12-10/h8,10-11H,4-7H2,1-3H3. The Bertz CT molecular complexity index is 222. The molecule has 1 fully saturated rings. The fourth-order valence-corrected chi connectivity index (χ4v) is 2.61. The predicted molar refractivity (Wildman–Crippen MR) is 56.1 cm³/mol. The van der Waals surface area contributed by atoms with Crippen molar-refractivity contribution in [3.05, 3.63) is 0 Å². The van der Waals surface area contributed by atoms with Crippen LogP contribution in [0.5, 0.6) is 0 Å². The fourth-order valence-electron chi connectivity index (χ4n) is 2.61. The van der Waals surface area contributed by atoms with Gasteiger partial charge in [-0.15, -0.1) is 0 Å². The van der Waals surface area contributed by atoms with Crippen LogP contribution in [0.15, 0.2) is 4.99 Å². The second-order valence-electron chi connectivity index (χ2n) is 4.68. The summed E-state index contributed by atoms with van der Waals surface area (Å²) >= 11 is 0. The number of rotatable bonds is 0. The smallest absolute Gasteiger partial charge is 0.0962 e. The molecule has 0 aromatic carbocycles. The van der Waals surface area contributed by atoms with E-state index in [2.05, 4.69) is 25.8 Å². The van der Waals surface area contributed by atoms with Crippen molar-refractivity contribution in [2.75, 3.05) is 7.05 Å². The van der Waals surface area contributed by atoms with Crippen molar-refractivity contribution in [1.29, 1.82) is 0 Å². The Kier molecular flexibility index (Phi) is 2.31. The summed E-state index contributed by atoms with van der Waals surface area (Å²) in [5, 5.41) is 0. The Labute approximate surface area is 81.0 Å². The van der Waals surface area contributed by atoms with Crippen molar-refractivity contribution in [2.24, 2.45) is 10.9 Å². The molecular weight excluding hydrogens is 160 g/mol. The maximum atomic E-state index is 4.73. The first-order chi connectivity index (χ1) is 6.18. The van der Waals surface area contributed by atoms with Crippen LogP contribution in [0.25, 0.3) is 0 Å². The topological polar surface area (TPSA) is 15.6 Å². The van der Waals surface area contributed by atoms with E-state index in [0.29, 0.717) is 12.1 Å². The molecule has 1 aliphatic carbocycles. The largest absolute Gasteiger partial charge is 0.359 e. The van der Waals surface area contributed by atoms with Gasteiger partial charge in [-0.3, -0.25) is 4.99 Å². The number of amidine groups is 1. The zero-order valence-electron chi connectivity index (χ0n) is 8.95. The summed E-state index contributed by atoms with van der Waals surface area (Å²) in [7, 11) is 2.19. The highest BCUT2D eigenvalue weighted by molar-refractivity contribution is 5.81. The van der Waals surface area contributed by atoms with E-state index in [1.54, 1.807) is 0 Å². The van der Waals surface area contributed by atoms with Gasteiger partial charge in [-0.05, 0) is 38.5 Å². The van der Waals surface area contributed by atoms with E-state index in [-0.39, 0.29) is 0 Å². The molecule has 74 valence electrons. The van der Waals surface area contributed by atoms with E-state index in [1.165, 1.54) is 31.5 Å². The summed E-state index contributed by atoms with van der Waals surface area (Å²) in [5.41, 5.74) is 0. The van der Waals surface area contributed by atoms with Gasteiger partial charge in [0.2, 0.25) is 0 Å². The number of aliphatic imine (C=N–C) groups is 1. The first-order valence-electron chi connectivity index (χ1n) is 5.45. The molecule has 13 heavy (non-hydrogen) atoms. The van der Waals surface area contributed by atoms with E-state index < -0.39 is 0 Å². The van der Waals surface area contributed by atoms with Crippen LogP contribution in [0.3, 0.4) is 0 Å². The number of nitrogens with zero attached hydrogens (tertiary/aromatic N) is 2. The van der Waals surface area contributed by atoms with Gasteiger partial charge in [0.05, 0.1) is 17.9 Å². The summed E-state index contributed by atoms with van der Waals surface area (Å²) in [4.78, 5) is 7.11. The van der Waals surface area contributed by atoms with E-state index in [4.69, 9.17) is 4.99 Å². The predicted octanol–water partition coefficient (Wildman–Crippen LogP) is 2.30. The first-order valence-corrected chi connectivity index (χ1v) is 5.45. The van der Waals surface area contributed by atoms with Crippen molar-refractivity contribution >= 4 is 5.84 Å². The SMILES string of the molecule is CC1=NC2CCC(C)CCC2N1C. The molecule has 0 N–H and O–H groups in total.